The number of ether oxygens (including phenoxy) is 1. The molecule has 0 saturated carbocycles. The molecule has 0 aromatic heterocycles. The van der Waals surface area contributed by atoms with Gasteiger partial charge in [-0.25, -0.2) is 4.79 Å². The fourth-order valence-electron chi connectivity index (χ4n) is 2.91. The number of esters is 1. The largest absolute Gasteiger partial charge is 0.458 e. The summed E-state index contributed by atoms with van der Waals surface area (Å²) in [6.45, 7) is 10.2. The van der Waals surface area contributed by atoms with Gasteiger partial charge in [0.25, 0.3) is 0 Å². The number of carbonyl (C=O) groups excluding carboxylic acids is 1. The number of rotatable bonds is 4. The second-order valence-electron chi connectivity index (χ2n) is 5.78. The van der Waals surface area contributed by atoms with Gasteiger partial charge in [-0.3, -0.25) is 0 Å². The molecule has 0 spiro atoms. The molecule has 1 fully saturated rings. The third kappa shape index (κ3) is 3.48. The lowest BCUT2D eigenvalue weighted by molar-refractivity contribution is -0.927. The molecule has 1 aliphatic rings. The summed E-state index contributed by atoms with van der Waals surface area (Å²) < 4.78 is 5.71. The van der Waals surface area contributed by atoms with Crippen LogP contribution in [0, 0.1) is 5.92 Å². The Kier molecular flexibility index (Phi) is 4.96. The number of piperidine rings is 1. The van der Waals surface area contributed by atoms with Gasteiger partial charge in [0.1, 0.15) is 6.10 Å². The second kappa shape index (κ2) is 6.71. The van der Waals surface area contributed by atoms with Crippen LogP contribution < -0.4 is 4.90 Å². The highest BCUT2D eigenvalue weighted by Gasteiger charge is 2.35. The van der Waals surface area contributed by atoms with Crippen molar-refractivity contribution in [2.75, 3.05) is 13.1 Å². The first-order valence-electron chi connectivity index (χ1n) is 7.33. The molecule has 0 bridgehead atoms. The fourth-order valence-corrected chi connectivity index (χ4v) is 2.91. The van der Waals surface area contributed by atoms with Crippen LogP contribution in [-0.4, -0.2) is 31.2 Å². The average Bonchev–Trinajstić information content (AvgIpc) is 2.45. The molecule has 1 heterocycles. The minimum Gasteiger partial charge on any atom is -0.458 e. The molecular formula is C17H24NO2+. The van der Waals surface area contributed by atoms with Crippen molar-refractivity contribution in [3.8, 4) is 0 Å². The summed E-state index contributed by atoms with van der Waals surface area (Å²) >= 11 is 0. The van der Waals surface area contributed by atoms with Gasteiger partial charge in [-0.05, 0) is 25.1 Å². The van der Waals surface area contributed by atoms with Gasteiger partial charge < -0.3 is 9.64 Å². The van der Waals surface area contributed by atoms with Crippen molar-refractivity contribution < 1.29 is 14.4 Å². The van der Waals surface area contributed by atoms with Crippen molar-refractivity contribution in [3.05, 3.63) is 48.6 Å². The standard InChI is InChI=1S/C17H23NO2/c1-4-10-18-12-13(2)16(11-14(18)3)20-17(19)15-8-6-5-7-9-15/h4-9,13-14,16H,1,10-12H2,2-3H3/p+1/t13-,14-,16-/m1/s1. The first-order chi connectivity index (χ1) is 9.61. The van der Waals surface area contributed by atoms with Crippen molar-refractivity contribution in [1.29, 1.82) is 0 Å². The molecule has 0 radical (unpaired) electrons. The minimum atomic E-state index is -0.207. The van der Waals surface area contributed by atoms with Crippen LogP contribution in [0.5, 0.6) is 0 Å². The van der Waals surface area contributed by atoms with Crippen LogP contribution >= 0.6 is 0 Å². The minimum absolute atomic E-state index is 0.0197. The Morgan fingerprint density at radius 1 is 1.40 bits per heavy atom. The lowest BCUT2D eigenvalue weighted by atomic mass is 9.91. The normalized spacial score (nSPS) is 29.7. The zero-order valence-electron chi connectivity index (χ0n) is 12.3. The van der Waals surface area contributed by atoms with E-state index in [1.165, 1.54) is 4.90 Å². The van der Waals surface area contributed by atoms with Crippen molar-refractivity contribution in [3.63, 3.8) is 0 Å². The summed E-state index contributed by atoms with van der Waals surface area (Å²) in [5, 5.41) is 0. The average molecular weight is 274 g/mol. The highest BCUT2D eigenvalue weighted by molar-refractivity contribution is 5.89. The first-order valence-corrected chi connectivity index (χ1v) is 7.33. The monoisotopic (exact) mass is 274 g/mol. The Bertz CT molecular complexity index is 457. The topological polar surface area (TPSA) is 30.7 Å². The summed E-state index contributed by atoms with van der Waals surface area (Å²) in [5.41, 5.74) is 0.633. The quantitative estimate of drug-likeness (QED) is 0.669. The van der Waals surface area contributed by atoms with Crippen LogP contribution in [0.2, 0.25) is 0 Å². The van der Waals surface area contributed by atoms with Crippen LogP contribution in [-0.2, 0) is 4.74 Å². The number of hydrogen-bond acceptors (Lipinski definition) is 2. The molecular weight excluding hydrogens is 250 g/mol. The molecule has 4 atom stereocenters. The maximum atomic E-state index is 12.1. The lowest BCUT2D eigenvalue weighted by Crippen LogP contribution is -3.17. The Balaban J connectivity index is 1.97. The van der Waals surface area contributed by atoms with E-state index in [1.54, 1.807) is 12.1 Å². The van der Waals surface area contributed by atoms with E-state index in [1.807, 2.05) is 24.3 Å². The van der Waals surface area contributed by atoms with Crippen LogP contribution in [0.4, 0.5) is 0 Å². The Labute approximate surface area is 121 Å². The maximum Gasteiger partial charge on any atom is 0.338 e. The molecule has 1 aliphatic heterocycles. The maximum absolute atomic E-state index is 12.1. The van der Waals surface area contributed by atoms with Gasteiger partial charge in [0.05, 0.1) is 24.7 Å². The van der Waals surface area contributed by atoms with E-state index in [2.05, 4.69) is 20.4 Å². The van der Waals surface area contributed by atoms with E-state index in [0.29, 0.717) is 17.5 Å². The molecule has 0 amide bonds. The Morgan fingerprint density at radius 3 is 2.75 bits per heavy atom. The van der Waals surface area contributed by atoms with Crippen molar-refractivity contribution in [2.45, 2.75) is 32.4 Å². The van der Waals surface area contributed by atoms with E-state index in [-0.39, 0.29) is 12.1 Å². The van der Waals surface area contributed by atoms with Crippen LogP contribution in [0.15, 0.2) is 43.0 Å². The van der Waals surface area contributed by atoms with E-state index >= 15 is 0 Å². The number of benzene rings is 1. The Morgan fingerprint density at radius 2 is 2.10 bits per heavy atom. The van der Waals surface area contributed by atoms with Gasteiger partial charge in [0.15, 0.2) is 0 Å². The summed E-state index contributed by atoms with van der Waals surface area (Å²) in [6, 6.07) is 9.72. The van der Waals surface area contributed by atoms with Gasteiger partial charge in [0.2, 0.25) is 0 Å². The molecule has 0 aliphatic carbocycles. The van der Waals surface area contributed by atoms with Crippen molar-refractivity contribution in [1.82, 2.24) is 0 Å². The van der Waals surface area contributed by atoms with Gasteiger partial charge in [-0.2, -0.15) is 0 Å². The molecule has 20 heavy (non-hydrogen) atoms. The third-order valence-electron chi connectivity index (χ3n) is 4.18. The summed E-state index contributed by atoms with van der Waals surface area (Å²) in [4.78, 5) is 13.7. The number of carbonyl (C=O) groups is 1. The molecule has 1 N–H and O–H groups in total. The molecule has 1 unspecified atom stereocenters. The van der Waals surface area contributed by atoms with Crippen LogP contribution in [0.1, 0.15) is 30.6 Å². The number of quaternary nitrogens is 1. The number of likely N-dealkylation sites (tertiary alicyclic amines) is 1. The third-order valence-corrected chi connectivity index (χ3v) is 4.18. The first kappa shape index (κ1) is 14.8. The summed E-state index contributed by atoms with van der Waals surface area (Å²) in [6.07, 6.45) is 2.91. The fraction of sp³-hybridized carbons (Fsp3) is 0.471. The molecule has 108 valence electrons. The summed E-state index contributed by atoms with van der Waals surface area (Å²) in [7, 11) is 0. The van der Waals surface area contributed by atoms with Gasteiger partial charge in [-0.15, -0.1) is 0 Å². The van der Waals surface area contributed by atoms with Gasteiger partial charge in [0, 0.05) is 12.3 Å². The molecule has 2 rings (SSSR count). The SMILES string of the molecule is C=CC[NH+]1C[C@@H](C)[C@H](OC(=O)c2ccccc2)C[C@H]1C. The zero-order valence-corrected chi connectivity index (χ0v) is 12.3. The lowest BCUT2D eigenvalue weighted by Gasteiger charge is -2.37. The van der Waals surface area contributed by atoms with E-state index in [9.17, 15) is 4.79 Å². The predicted molar refractivity (Wildman–Crippen MR) is 79.8 cm³/mol. The van der Waals surface area contributed by atoms with Crippen molar-refractivity contribution in [2.24, 2.45) is 5.92 Å². The smallest absolute Gasteiger partial charge is 0.338 e. The second-order valence-corrected chi connectivity index (χ2v) is 5.78. The number of nitrogens with one attached hydrogen (secondary N) is 1. The molecule has 1 aromatic rings. The van der Waals surface area contributed by atoms with Crippen LogP contribution in [0.25, 0.3) is 0 Å². The number of hydrogen-bond donors (Lipinski definition) is 1. The molecule has 3 nitrogen and oxygen atoms in total. The van der Waals surface area contributed by atoms with E-state index < -0.39 is 0 Å². The molecule has 1 aromatic carbocycles. The van der Waals surface area contributed by atoms with Gasteiger partial charge >= 0.3 is 5.97 Å². The summed E-state index contributed by atoms with van der Waals surface area (Å²) in [5.74, 6) is 0.177. The predicted octanol–water partition coefficient (Wildman–Crippen LogP) is 1.71. The van der Waals surface area contributed by atoms with Gasteiger partial charge in [-0.1, -0.05) is 31.7 Å². The zero-order chi connectivity index (χ0) is 14.5. The molecule has 1 saturated heterocycles. The Hall–Kier alpha value is -1.61. The van der Waals surface area contributed by atoms with Crippen LogP contribution in [0.3, 0.4) is 0 Å². The highest BCUT2D eigenvalue weighted by atomic mass is 16.5. The highest BCUT2D eigenvalue weighted by Crippen LogP contribution is 2.17. The molecule has 3 heteroatoms. The van der Waals surface area contributed by atoms with E-state index in [0.717, 1.165) is 19.5 Å². The van der Waals surface area contributed by atoms with E-state index in [4.69, 9.17) is 4.74 Å². The van der Waals surface area contributed by atoms with Crippen molar-refractivity contribution >= 4 is 5.97 Å².